The van der Waals surface area contributed by atoms with Gasteiger partial charge in [-0.3, -0.25) is 0 Å². The van der Waals surface area contributed by atoms with Crippen molar-refractivity contribution < 1.29 is 8.78 Å². The van der Waals surface area contributed by atoms with Crippen molar-refractivity contribution in [3.05, 3.63) is 39.9 Å². The Labute approximate surface area is 88.3 Å². The fourth-order valence-electron chi connectivity index (χ4n) is 0.858. The molecule has 0 aliphatic heterocycles. The first-order valence-electron chi connectivity index (χ1n) is 3.53. The summed E-state index contributed by atoms with van der Waals surface area (Å²) in [6, 6.07) is 2.52. The number of benzene rings is 1. The Bertz CT molecular complexity index is 337. The van der Waals surface area contributed by atoms with E-state index in [2.05, 4.69) is 15.9 Å². The molecule has 0 saturated heterocycles. The fourth-order valence-corrected chi connectivity index (χ4v) is 1.29. The van der Waals surface area contributed by atoms with E-state index >= 15 is 0 Å². The first kappa shape index (κ1) is 10.7. The van der Waals surface area contributed by atoms with Crippen LogP contribution in [-0.2, 0) is 0 Å². The first-order chi connectivity index (χ1) is 6.16. The van der Waals surface area contributed by atoms with Crippen molar-refractivity contribution in [3.63, 3.8) is 0 Å². The molecule has 4 heteroatoms. The molecule has 1 aromatic rings. The zero-order valence-corrected chi connectivity index (χ0v) is 8.87. The van der Waals surface area contributed by atoms with Crippen LogP contribution in [0.2, 0.25) is 0 Å². The minimum atomic E-state index is -0.610. The molecule has 0 aromatic heterocycles. The van der Waals surface area contributed by atoms with E-state index in [1.54, 1.807) is 0 Å². The summed E-state index contributed by atoms with van der Waals surface area (Å²) in [6.45, 7) is 0. The van der Waals surface area contributed by atoms with Crippen LogP contribution in [0.3, 0.4) is 0 Å². The number of hydrogen-bond acceptors (Lipinski definition) is 0. The molecule has 0 unspecified atom stereocenters. The Morgan fingerprint density at radius 3 is 2.69 bits per heavy atom. The highest BCUT2D eigenvalue weighted by Gasteiger charge is 2.08. The number of alkyl halides is 1. The molecule has 0 saturated carbocycles. The lowest BCUT2D eigenvalue weighted by molar-refractivity contribution is 0.574. The van der Waals surface area contributed by atoms with Gasteiger partial charge in [0.2, 0.25) is 0 Å². The van der Waals surface area contributed by atoms with Crippen LogP contribution >= 0.6 is 27.5 Å². The summed E-state index contributed by atoms with van der Waals surface area (Å²) in [5, 5.41) is 0. The zero-order chi connectivity index (χ0) is 9.84. The van der Waals surface area contributed by atoms with Crippen LogP contribution in [0.4, 0.5) is 8.78 Å². The average molecular weight is 268 g/mol. The monoisotopic (exact) mass is 266 g/mol. The van der Waals surface area contributed by atoms with E-state index in [0.717, 1.165) is 0 Å². The number of halogens is 4. The molecule has 0 N–H and O–H groups in total. The van der Waals surface area contributed by atoms with E-state index in [9.17, 15) is 8.78 Å². The summed E-state index contributed by atoms with van der Waals surface area (Å²) in [4.78, 5) is 0. The van der Waals surface area contributed by atoms with Gasteiger partial charge in [-0.2, -0.15) is 0 Å². The van der Waals surface area contributed by atoms with Crippen LogP contribution in [0.5, 0.6) is 0 Å². The van der Waals surface area contributed by atoms with E-state index in [0.29, 0.717) is 0 Å². The van der Waals surface area contributed by atoms with Gasteiger partial charge in [0.15, 0.2) is 0 Å². The number of hydrogen-bond donors (Lipinski definition) is 0. The predicted octanol–water partition coefficient (Wildman–Crippen LogP) is 3.98. The summed E-state index contributed by atoms with van der Waals surface area (Å²) in [6.07, 6.45) is 2.80. The zero-order valence-electron chi connectivity index (χ0n) is 6.53. The van der Waals surface area contributed by atoms with Crippen molar-refractivity contribution in [2.24, 2.45) is 0 Å². The van der Waals surface area contributed by atoms with Crippen LogP contribution in [0.25, 0.3) is 6.08 Å². The molecule has 0 atom stereocenters. The summed E-state index contributed by atoms with van der Waals surface area (Å²) in [5.41, 5.74) is -0.0741. The quantitative estimate of drug-likeness (QED) is 0.562. The lowest BCUT2D eigenvalue weighted by atomic mass is 10.2. The van der Waals surface area contributed by atoms with E-state index in [4.69, 9.17) is 11.6 Å². The Balaban J connectivity index is 3.17. The Morgan fingerprint density at radius 1 is 1.38 bits per heavy atom. The first-order valence-corrected chi connectivity index (χ1v) is 4.85. The molecule has 0 aliphatic rings. The third-order valence-corrected chi connectivity index (χ3v) is 2.24. The molecule has 1 aromatic carbocycles. The van der Waals surface area contributed by atoms with Gasteiger partial charge in [-0.1, -0.05) is 12.2 Å². The maximum absolute atomic E-state index is 13.2. The van der Waals surface area contributed by atoms with Gasteiger partial charge in [-0.25, -0.2) is 8.78 Å². The Hall–Kier alpha value is -0.410. The summed E-state index contributed by atoms with van der Waals surface area (Å²) >= 11 is 8.32. The highest BCUT2D eigenvalue weighted by molar-refractivity contribution is 9.10. The fraction of sp³-hybridized carbons (Fsp3) is 0.111. The van der Waals surface area contributed by atoms with Crippen molar-refractivity contribution >= 4 is 33.6 Å². The summed E-state index contributed by atoms with van der Waals surface area (Å²) in [5.74, 6) is -0.978. The van der Waals surface area contributed by atoms with Crippen molar-refractivity contribution in [2.75, 3.05) is 5.88 Å². The van der Waals surface area contributed by atoms with Gasteiger partial charge in [-0.05, 0) is 28.1 Å². The SMILES string of the molecule is Fc1ccc(Br)c(F)c1C=CCCl. The largest absolute Gasteiger partial charge is 0.206 e. The molecule has 0 heterocycles. The molecule has 0 bridgehead atoms. The summed E-state index contributed by atoms with van der Waals surface area (Å²) in [7, 11) is 0. The van der Waals surface area contributed by atoms with Gasteiger partial charge in [0.25, 0.3) is 0 Å². The highest BCUT2D eigenvalue weighted by atomic mass is 79.9. The lowest BCUT2D eigenvalue weighted by Gasteiger charge is -2.00. The van der Waals surface area contributed by atoms with Crippen LogP contribution in [0.1, 0.15) is 5.56 Å². The molecule has 1 rings (SSSR count). The van der Waals surface area contributed by atoms with Gasteiger partial charge in [0.1, 0.15) is 11.6 Å². The van der Waals surface area contributed by atoms with Crippen LogP contribution in [-0.4, -0.2) is 5.88 Å². The molecular formula is C9H6BrClF2. The maximum Gasteiger partial charge on any atom is 0.147 e. The van der Waals surface area contributed by atoms with E-state index in [1.807, 2.05) is 0 Å². The normalized spacial score (nSPS) is 11.1. The van der Waals surface area contributed by atoms with Gasteiger partial charge < -0.3 is 0 Å². The molecule has 0 nitrogen and oxygen atoms in total. The molecule has 13 heavy (non-hydrogen) atoms. The number of allylic oxidation sites excluding steroid dienone is 1. The molecule has 70 valence electrons. The molecular weight excluding hydrogens is 261 g/mol. The van der Waals surface area contributed by atoms with Gasteiger partial charge >= 0.3 is 0 Å². The topological polar surface area (TPSA) is 0 Å². The van der Waals surface area contributed by atoms with Gasteiger partial charge in [-0.15, -0.1) is 11.6 Å². The smallest absolute Gasteiger partial charge is 0.147 e. The van der Waals surface area contributed by atoms with Crippen molar-refractivity contribution in [1.29, 1.82) is 0 Å². The minimum absolute atomic E-state index is 0.0741. The lowest BCUT2D eigenvalue weighted by Crippen LogP contribution is -1.89. The van der Waals surface area contributed by atoms with E-state index in [-0.39, 0.29) is 15.9 Å². The van der Waals surface area contributed by atoms with Crippen molar-refractivity contribution in [2.45, 2.75) is 0 Å². The molecule has 0 amide bonds. The Morgan fingerprint density at radius 2 is 2.08 bits per heavy atom. The van der Waals surface area contributed by atoms with Crippen LogP contribution in [0.15, 0.2) is 22.7 Å². The van der Waals surface area contributed by atoms with E-state index < -0.39 is 11.6 Å². The van der Waals surface area contributed by atoms with Crippen molar-refractivity contribution in [3.8, 4) is 0 Å². The maximum atomic E-state index is 13.2. The molecule has 0 radical (unpaired) electrons. The molecule has 0 fully saturated rings. The van der Waals surface area contributed by atoms with Crippen LogP contribution in [0, 0.1) is 11.6 Å². The van der Waals surface area contributed by atoms with Crippen LogP contribution < -0.4 is 0 Å². The third kappa shape index (κ3) is 2.51. The minimum Gasteiger partial charge on any atom is -0.206 e. The Kier molecular flexibility index (Phi) is 3.88. The molecule has 0 spiro atoms. The standard InChI is InChI=1S/C9H6BrClF2/c10-7-3-4-8(12)6(9(7)13)2-1-5-11/h1-4H,5H2. The summed E-state index contributed by atoms with van der Waals surface area (Å²) < 4.78 is 26.4. The van der Waals surface area contributed by atoms with Gasteiger partial charge in [0.05, 0.1) is 4.47 Å². The van der Waals surface area contributed by atoms with E-state index in [1.165, 1.54) is 24.3 Å². The second-order valence-corrected chi connectivity index (χ2v) is 3.48. The number of rotatable bonds is 2. The van der Waals surface area contributed by atoms with Crippen molar-refractivity contribution in [1.82, 2.24) is 0 Å². The van der Waals surface area contributed by atoms with Gasteiger partial charge in [0, 0.05) is 11.4 Å². The predicted molar refractivity (Wildman–Crippen MR) is 53.8 cm³/mol. The average Bonchev–Trinajstić information content (AvgIpc) is 2.12. The second-order valence-electron chi connectivity index (χ2n) is 2.31. The third-order valence-electron chi connectivity index (χ3n) is 1.45. The highest BCUT2D eigenvalue weighted by Crippen LogP contribution is 2.22. The second kappa shape index (κ2) is 4.72. The molecule has 0 aliphatic carbocycles.